The maximum atomic E-state index is 11.3. The molecule has 1 atom stereocenters. The first-order valence-electron chi connectivity index (χ1n) is 4.48. The van der Waals surface area contributed by atoms with Gasteiger partial charge >= 0.3 is 0 Å². The van der Waals surface area contributed by atoms with Crippen LogP contribution in [0.4, 0.5) is 0 Å². The van der Waals surface area contributed by atoms with Gasteiger partial charge in [-0.3, -0.25) is 4.79 Å². The highest BCUT2D eigenvalue weighted by Gasteiger charge is 2.21. The monoisotopic (exact) mass is 188 g/mol. The predicted octanol–water partition coefficient (Wildman–Crippen LogP) is 1.88. The van der Waals surface area contributed by atoms with Crippen LogP contribution in [0.3, 0.4) is 0 Å². The number of rotatable bonds is 4. The number of ketones is 1. The van der Waals surface area contributed by atoms with E-state index in [0.717, 1.165) is 31.6 Å². The van der Waals surface area contributed by atoms with Gasteiger partial charge in [-0.25, -0.2) is 0 Å². The van der Waals surface area contributed by atoms with E-state index in [0.29, 0.717) is 5.78 Å². The normalized spacial score (nSPS) is 24.4. The minimum Gasteiger partial charge on any atom is -0.384 e. The molecule has 0 heterocycles. The molecule has 0 N–H and O–H groups in total. The molecule has 0 aliphatic heterocycles. The van der Waals surface area contributed by atoms with E-state index >= 15 is 0 Å². The molecule has 2 nitrogen and oxygen atoms in total. The SMILES string of the molecule is COCCSC1CCCCC1=O. The highest BCUT2D eigenvalue weighted by atomic mass is 32.2. The maximum absolute atomic E-state index is 11.3. The first kappa shape index (κ1) is 10.1. The molecule has 0 aromatic heterocycles. The third kappa shape index (κ3) is 3.15. The summed E-state index contributed by atoms with van der Waals surface area (Å²) in [5.41, 5.74) is 0. The molecule has 0 bridgehead atoms. The van der Waals surface area contributed by atoms with E-state index in [1.54, 1.807) is 18.9 Å². The van der Waals surface area contributed by atoms with Crippen LogP contribution in [0.1, 0.15) is 25.7 Å². The summed E-state index contributed by atoms with van der Waals surface area (Å²) in [6.45, 7) is 0.758. The number of carbonyl (C=O) groups excluding carboxylic acids is 1. The number of hydrogen-bond donors (Lipinski definition) is 0. The Bertz CT molecular complexity index is 147. The minimum atomic E-state index is 0.272. The first-order chi connectivity index (χ1) is 5.84. The number of carbonyl (C=O) groups is 1. The Kier molecular flexibility index (Phi) is 4.69. The average Bonchev–Trinajstić information content (AvgIpc) is 2.09. The van der Waals surface area contributed by atoms with Gasteiger partial charge in [0, 0.05) is 19.3 Å². The van der Waals surface area contributed by atoms with E-state index in [2.05, 4.69) is 0 Å². The van der Waals surface area contributed by atoms with Crippen molar-refractivity contribution >= 4 is 17.5 Å². The molecule has 0 aromatic carbocycles. The van der Waals surface area contributed by atoms with Crippen LogP contribution in [0.5, 0.6) is 0 Å². The largest absolute Gasteiger partial charge is 0.384 e. The van der Waals surface area contributed by atoms with E-state index in [1.807, 2.05) is 0 Å². The number of methoxy groups -OCH3 is 1. The second kappa shape index (κ2) is 5.60. The van der Waals surface area contributed by atoms with Crippen LogP contribution in [-0.4, -0.2) is 30.5 Å². The Morgan fingerprint density at radius 1 is 1.58 bits per heavy atom. The molecular weight excluding hydrogens is 172 g/mol. The van der Waals surface area contributed by atoms with E-state index < -0.39 is 0 Å². The molecule has 0 spiro atoms. The molecule has 0 amide bonds. The van der Waals surface area contributed by atoms with E-state index in [4.69, 9.17) is 4.74 Å². The summed E-state index contributed by atoms with van der Waals surface area (Å²) in [7, 11) is 1.70. The van der Waals surface area contributed by atoms with Gasteiger partial charge in [-0.05, 0) is 12.8 Å². The van der Waals surface area contributed by atoms with Crippen LogP contribution >= 0.6 is 11.8 Å². The van der Waals surface area contributed by atoms with Crippen LogP contribution in [0.25, 0.3) is 0 Å². The number of ether oxygens (including phenoxy) is 1. The molecular formula is C9H16O2S. The molecule has 0 saturated heterocycles. The Morgan fingerprint density at radius 3 is 3.08 bits per heavy atom. The van der Waals surface area contributed by atoms with Crippen LogP contribution in [0.15, 0.2) is 0 Å². The van der Waals surface area contributed by atoms with Gasteiger partial charge in [-0.15, -0.1) is 11.8 Å². The van der Waals surface area contributed by atoms with Crippen molar-refractivity contribution in [1.29, 1.82) is 0 Å². The molecule has 1 fully saturated rings. The second-order valence-electron chi connectivity index (χ2n) is 3.06. The van der Waals surface area contributed by atoms with Crippen molar-refractivity contribution in [2.24, 2.45) is 0 Å². The number of hydrogen-bond acceptors (Lipinski definition) is 3. The van der Waals surface area contributed by atoms with Gasteiger partial charge in [-0.2, -0.15) is 0 Å². The Labute approximate surface area is 78.1 Å². The van der Waals surface area contributed by atoms with Crippen LogP contribution in [0, 0.1) is 0 Å². The van der Waals surface area contributed by atoms with Gasteiger partial charge in [0.05, 0.1) is 11.9 Å². The summed E-state index contributed by atoms with van der Waals surface area (Å²) in [6, 6.07) is 0. The summed E-state index contributed by atoms with van der Waals surface area (Å²) in [6.07, 6.45) is 4.19. The Morgan fingerprint density at radius 2 is 2.42 bits per heavy atom. The molecule has 1 unspecified atom stereocenters. The summed E-state index contributed by atoms with van der Waals surface area (Å²) in [4.78, 5) is 11.3. The molecule has 1 aliphatic rings. The lowest BCUT2D eigenvalue weighted by Gasteiger charge is -2.19. The predicted molar refractivity (Wildman–Crippen MR) is 51.6 cm³/mol. The fraction of sp³-hybridized carbons (Fsp3) is 0.889. The smallest absolute Gasteiger partial charge is 0.145 e. The lowest BCUT2D eigenvalue weighted by molar-refractivity contribution is -0.119. The Balaban J connectivity index is 2.16. The maximum Gasteiger partial charge on any atom is 0.145 e. The van der Waals surface area contributed by atoms with Gasteiger partial charge in [0.25, 0.3) is 0 Å². The van der Waals surface area contributed by atoms with Crippen LogP contribution < -0.4 is 0 Å². The van der Waals surface area contributed by atoms with Crippen molar-refractivity contribution in [3.05, 3.63) is 0 Å². The molecule has 1 aliphatic carbocycles. The zero-order valence-electron chi connectivity index (χ0n) is 7.54. The fourth-order valence-corrected chi connectivity index (χ4v) is 2.59. The molecule has 1 saturated carbocycles. The van der Waals surface area contributed by atoms with E-state index in [1.165, 1.54) is 6.42 Å². The molecule has 0 radical (unpaired) electrons. The van der Waals surface area contributed by atoms with Crippen molar-refractivity contribution in [3.8, 4) is 0 Å². The zero-order valence-corrected chi connectivity index (χ0v) is 8.36. The molecule has 70 valence electrons. The topological polar surface area (TPSA) is 26.3 Å². The van der Waals surface area contributed by atoms with Gasteiger partial charge in [-0.1, -0.05) is 6.42 Å². The van der Waals surface area contributed by atoms with Crippen LogP contribution in [-0.2, 0) is 9.53 Å². The summed E-state index contributed by atoms with van der Waals surface area (Å²) >= 11 is 1.76. The fourth-order valence-electron chi connectivity index (χ4n) is 1.40. The minimum absolute atomic E-state index is 0.272. The van der Waals surface area contributed by atoms with E-state index in [-0.39, 0.29) is 5.25 Å². The summed E-state index contributed by atoms with van der Waals surface area (Å²) < 4.78 is 4.94. The van der Waals surface area contributed by atoms with Gasteiger partial charge in [0.2, 0.25) is 0 Å². The first-order valence-corrected chi connectivity index (χ1v) is 5.52. The average molecular weight is 188 g/mol. The number of thioether (sulfide) groups is 1. The Hall–Kier alpha value is -0.0200. The standard InChI is InChI=1S/C9H16O2S/c1-11-6-7-12-9-5-3-2-4-8(9)10/h9H,2-7H2,1H3. The van der Waals surface area contributed by atoms with E-state index in [9.17, 15) is 4.79 Å². The van der Waals surface area contributed by atoms with Gasteiger partial charge in [0.15, 0.2) is 0 Å². The molecule has 3 heteroatoms. The molecule has 1 rings (SSSR count). The third-order valence-electron chi connectivity index (χ3n) is 2.11. The number of Topliss-reactive ketones (excluding diaryl/α,β-unsaturated/α-hetero) is 1. The van der Waals surface area contributed by atoms with Crippen LogP contribution in [0.2, 0.25) is 0 Å². The van der Waals surface area contributed by atoms with Crippen molar-refractivity contribution in [2.75, 3.05) is 19.5 Å². The second-order valence-corrected chi connectivity index (χ2v) is 4.37. The van der Waals surface area contributed by atoms with Crippen molar-refractivity contribution in [1.82, 2.24) is 0 Å². The van der Waals surface area contributed by atoms with Crippen molar-refractivity contribution < 1.29 is 9.53 Å². The van der Waals surface area contributed by atoms with Gasteiger partial charge < -0.3 is 4.74 Å². The van der Waals surface area contributed by atoms with Gasteiger partial charge in [0.1, 0.15) is 5.78 Å². The van der Waals surface area contributed by atoms with Crippen molar-refractivity contribution in [2.45, 2.75) is 30.9 Å². The van der Waals surface area contributed by atoms with Crippen molar-refractivity contribution in [3.63, 3.8) is 0 Å². The zero-order chi connectivity index (χ0) is 8.81. The lowest BCUT2D eigenvalue weighted by Crippen LogP contribution is -2.22. The third-order valence-corrected chi connectivity index (χ3v) is 3.41. The molecule has 0 aromatic rings. The summed E-state index contributed by atoms with van der Waals surface area (Å²) in [5, 5.41) is 0.272. The highest BCUT2D eigenvalue weighted by molar-refractivity contribution is 8.00. The lowest BCUT2D eigenvalue weighted by atomic mass is 9.99. The molecule has 12 heavy (non-hydrogen) atoms. The summed E-state index contributed by atoms with van der Waals surface area (Å²) in [5.74, 6) is 1.40. The highest BCUT2D eigenvalue weighted by Crippen LogP contribution is 2.25. The quantitative estimate of drug-likeness (QED) is 0.630.